The molecule has 5 heteroatoms. The van der Waals surface area contributed by atoms with Crippen LogP contribution in [0.1, 0.15) is 11.3 Å². The zero-order valence-electron chi connectivity index (χ0n) is 11.0. The molecule has 0 saturated heterocycles. The van der Waals surface area contributed by atoms with E-state index in [4.69, 9.17) is 13.9 Å². The Balaban J connectivity index is 1.48. The minimum atomic E-state index is 0.631. The van der Waals surface area contributed by atoms with E-state index in [2.05, 4.69) is 40.0 Å². The second kappa shape index (κ2) is 6.49. The summed E-state index contributed by atoms with van der Waals surface area (Å²) in [5.41, 5.74) is 1.25. The Kier molecular flexibility index (Phi) is 4.47. The van der Waals surface area contributed by atoms with Gasteiger partial charge < -0.3 is 19.2 Å². The van der Waals surface area contributed by atoms with E-state index in [1.807, 2.05) is 18.2 Å². The Hall–Kier alpha value is -1.21. The van der Waals surface area contributed by atoms with Crippen molar-refractivity contribution in [1.82, 2.24) is 5.32 Å². The smallest absolute Gasteiger partial charge is 0.164 e. The molecule has 2 heterocycles. The molecule has 0 aliphatic carbocycles. The van der Waals surface area contributed by atoms with Gasteiger partial charge in [0.1, 0.15) is 19.0 Å². The second-order valence-corrected chi connectivity index (χ2v) is 5.67. The molecule has 1 aliphatic heterocycles. The molecule has 2 aromatic rings. The Bertz CT molecular complexity index is 582. The highest BCUT2D eigenvalue weighted by Crippen LogP contribution is 2.30. The van der Waals surface area contributed by atoms with Gasteiger partial charge in [-0.05, 0) is 65.4 Å². The quantitative estimate of drug-likeness (QED) is 0.635. The largest absolute Gasteiger partial charge is 0.486 e. The summed E-state index contributed by atoms with van der Waals surface area (Å²) >= 11 is 2.17. The van der Waals surface area contributed by atoms with Gasteiger partial charge in [0.15, 0.2) is 15.3 Å². The number of halogens is 1. The molecule has 0 saturated carbocycles. The molecule has 4 nitrogen and oxygen atoms in total. The summed E-state index contributed by atoms with van der Waals surface area (Å²) in [6.07, 6.45) is 0.953. The zero-order valence-corrected chi connectivity index (χ0v) is 13.2. The molecular formula is C15H16INO3. The molecule has 106 valence electrons. The first-order chi connectivity index (χ1) is 9.81. The van der Waals surface area contributed by atoms with E-state index in [0.29, 0.717) is 13.2 Å². The van der Waals surface area contributed by atoms with Gasteiger partial charge in [-0.25, -0.2) is 0 Å². The summed E-state index contributed by atoms with van der Waals surface area (Å²) in [5, 5.41) is 3.37. The predicted molar refractivity (Wildman–Crippen MR) is 84.3 cm³/mol. The SMILES string of the molecule is Ic1ccc(CNCCc2ccc3c(c2)OCCO3)o1. The monoisotopic (exact) mass is 385 g/mol. The maximum Gasteiger partial charge on any atom is 0.164 e. The molecule has 20 heavy (non-hydrogen) atoms. The zero-order chi connectivity index (χ0) is 13.8. The average molecular weight is 385 g/mol. The van der Waals surface area contributed by atoms with Crippen LogP contribution in [0.3, 0.4) is 0 Å². The molecule has 1 N–H and O–H groups in total. The molecule has 0 amide bonds. The van der Waals surface area contributed by atoms with Crippen LogP contribution in [0.15, 0.2) is 34.7 Å². The maximum absolute atomic E-state index is 5.58. The van der Waals surface area contributed by atoms with Gasteiger partial charge >= 0.3 is 0 Å². The van der Waals surface area contributed by atoms with Crippen molar-refractivity contribution in [3.05, 3.63) is 45.4 Å². The van der Waals surface area contributed by atoms with Crippen molar-refractivity contribution >= 4 is 22.6 Å². The van der Waals surface area contributed by atoms with E-state index in [9.17, 15) is 0 Å². The number of benzene rings is 1. The molecule has 0 fully saturated rings. The summed E-state index contributed by atoms with van der Waals surface area (Å²) in [7, 11) is 0. The van der Waals surface area contributed by atoms with Crippen LogP contribution in [0.4, 0.5) is 0 Å². The van der Waals surface area contributed by atoms with E-state index in [-0.39, 0.29) is 0 Å². The van der Waals surface area contributed by atoms with Crippen molar-refractivity contribution in [2.75, 3.05) is 19.8 Å². The Morgan fingerprint density at radius 2 is 1.90 bits per heavy atom. The predicted octanol–water partition coefficient (Wildman–Crippen LogP) is 2.99. The minimum absolute atomic E-state index is 0.631. The van der Waals surface area contributed by atoms with Crippen LogP contribution in [0, 0.1) is 3.77 Å². The summed E-state index contributed by atoms with van der Waals surface area (Å²) in [6, 6.07) is 10.1. The third kappa shape index (κ3) is 3.46. The van der Waals surface area contributed by atoms with Crippen LogP contribution in [-0.2, 0) is 13.0 Å². The average Bonchev–Trinajstić information content (AvgIpc) is 2.89. The Morgan fingerprint density at radius 1 is 1.05 bits per heavy atom. The van der Waals surface area contributed by atoms with Crippen LogP contribution >= 0.6 is 22.6 Å². The van der Waals surface area contributed by atoms with Gasteiger partial charge in [-0.3, -0.25) is 0 Å². The lowest BCUT2D eigenvalue weighted by Gasteiger charge is -2.18. The van der Waals surface area contributed by atoms with Gasteiger partial charge in [-0.1, -0.05) is 6.07 Å². The van der Waals surface area contributed by atoms with Gasteiger partial charge in [0.2, 0.25) is 0 Å². The van der Waals surface area contributed by atoms with E-state index in [0.717, 1.165) is 40.5 Å². The lowest BCUT2D eigenvalue weighted by molar-refractivity contribution is 0.171. The molecule has 0 atom stereocenters. The van der Waals surface area contributed by atoms with E-state index < -0.39 is 0 Å². The molecule has 3 rings (SSSR count). The highest BCUT2D eigenvalue weighted by Gasteiger charge is 2.11. The van der Waals surface area contributed by atoms with Crippen molar-refractivity contribution in [2.24, 2.45) is 0 Å². The van der Waals surface area contributed by atoms with E-state index in [1.165, 1.54) is 5.56 Å². The standard InChI is InChI=1S/C15H16INO3/c16-15-4-2-12(20-15)10-17-6-5-11-1-3-13-14(9-11)19-8-7-18-13/h1-4,9,17H,5-8,10H2. The number of furan rings is 1. The van der Waals surface area contributed by atoms with Gasteiger partial charge in [0.25, 0.3) is 0 Å². The van der Waals surface area contributed by atoms with Gasteiger partial charge in [0.05, 0.1) is 6.54 Å². The maximum atomic E-state index is 5.58. The van der Waals surface area contributed by atoms with Gasteiger partial charge in [-0.2, -0.15) is 0 Å². The van der Waals surface area contributed by atoms with E-state index in [1.54, 1.807) is 0 Å². The van der Waals surface area contributed by atoms with Crippen molar-refractivity contribution in [2.45, 2.75) is 13.0 Å². The molecule has 1 aliphatic rings. The number of rotatable bonds is 5. The molecule has 1 aromatic carbocycles. The van der Waals surface area contributed by atoms with Crippen LogP contribution in [-0.4, -0.2) is 19.8 Å². The number of nitrogens with one attached hydrogen (secondary N) is 1. The minimum Gasteiger partial charge on any atom is -0.486 e. The van der Waals surface area contributed by atoms with Crippen molar-refractivity contribution in [1.29, 1.82) is 0 Å². The molecular weight excluding hydrogens is 369 g/mol. The third-order valence-corrected chi connectivity index (χ3v) is 3.70. The lowest BCUT2D eigenvalue weighted by Crippen LogP contribution is -2.17. The van der Waals surface area contributed by atoms with Gasteiger partial charge in [0, 0.05) is 0 Å². The highest BCUT2D eigenvalue weighted by molar-refractivity contribution is 14.1. The topological polar surface area (TPSA) is 43.6 Å². The Morgan fingerprint density at radius 3 is 2.70 bits per heavy atom. The normalized spacial score (nSPS) is 13.4. The lowest BCUT2D eigenvalue weighted by atomic mass is 10.1. The Labute approximate surface area is 131 Å². The number of hydrogen-bond donors (Lipinski definition) is 1. The fraction of sp³-hybridized carbons (Fsp3) is 0.333. The molecule has 0 unspecified atom stereocenters. The molecule has 0 bridgehead atoms. The van der Waals surface area contributed by atoms with Crippen LogP contribution in [0.5, 0.6) is 11.5 Å². The number of fused-ring (bicyclic) bond motifs is 1. The van der Waals surface area contributed by atoms with Crippen LogP contribution in [0.25, 0.3) is 0 Å². The highest BCUT2D eigenvalue weighted by atomic mass is 127. The first-order valence-corrected chi connectivity index (χ1v) is 7.72. The molecule has 1 aromatic heterocycles. The fourth-order valence-corrected chi connectivity index (χ4v) is 2.60. The fourth-order valence-electron chi connectivity index (χ4n) is 2.13. The summed E-state index contributed by atoms with van der Waals surface area (Å²) < 4.78 is 17.5. The second-order valence-electron chi connectivity index (χ2n) is 4.61. The third-order valence-electron chi connectivity index (χ3n) is 3.13. The van der Waals surface area contributed by atoms with Crippen molar-refractivity contribution in [3.8, 4) is 11.5 Å². The summed E-state index contributed by atoms with van der Waals surface area (Å²) in [5.74, 6) is 2.67. The first kappa shape index (κ1) is 13.8. The number of ether oxygens (including phenoxy) is 2. The summed E-state index contributed by atoms with van der Waals surface area (Å²) in [4.78, 5) is 0. The van der Waals surface area contributed by atoms with Crippen LogP contribution < -0.4 is 14.8 Å². The van der Waals surface area contributed by atoms with Crippen molar-refractivity contribution in [3.63, 3.8) is 0 Å². The van der Waals surface area contributed by atoms with Gasteiger partial charge in [-0.15, -0.1) is 0 Å². The summed E-state index contributed by atoms with van der Waals surface area (Å²) in [6.45, 7) is 2.92. The van der Waals surface area contributed by atoms with E-state index >= 15 is 0 Å². The van der Waals surface area contributed by atoms with Crippen molar-refractivity contribution < 1.29 is 13.9 Å². The molecule has 0 spiro atoms. The number of hydrogen-bond acceptors (Lipinski definition) is 4. The first-order valence-electron chi connectivity index (χ1n) is 6.65. The molecule has 0 radical (unpaired) electrons. The van der Waals surface area contributed by atoms with Crippen LogP contribution in [0.2, 0.25) is 0 Å².